The van der Waals surface area contributed by atoms with Gasteiger partial charge in [-0.2, -0.15) is 0 Å². The number of allylic oxidation sites excluding steroid dienone is 1. The molecule has 0 radical (unpaired) electrons. The zero-order valence-electron chi connectivity index (χ0n) is 17.6. The van der Waals surface area contributed by atoms with E-state index in [1.165, 1.54) is 64.2 Å². The summed E-state index contributed by atoms with van der Waals surface area (Å²) in [6.45, 7) is 11.5. The van der Waals surface area contributed by atoms with Crippen LogP contribution >= 0.6 is 0 Å². The second-order valence-electron chi connectivity index (χ2n) is 11.2. The molecule has 0 aromatic rings. The fourth-order valence-electron chi connectivity index (χ4n) is 8.87. The molecule has 1 unspecified atom stereocenters. The Morgan fingerprint density at radius 1 is 0.962 bits per heavy atom. The molecule has 0 amide bonds. The van der Waals surface area contributed by atoms with Gasteiger partial charge in [-0.3, -0.25) is 0 Å². The summed E-state index contributed by atoms with van der Waals surface area (Å²) >= 11 is 0. The molecule has 0 aromatic heterocycles. The first-order valence-electron chi connectivity index (χ1n) is 11.7. The van der Waals surface area contributed by atoms with E-state index in [2.05, 4.69) is 27.4 Å². The maximum absolute atomic E-state index is 9.54. The maximum atomic E-state index is 9.54. The first-order chi connectivity index (χ1) is 12.4. The van der Waals surface area contributed by atoms with Gasteiger partial charge < -0.3 is 5.11 Å². The van der Waals surface area contributed by atoms with Gasteiger partial charge in [0.1, 0.15) is 0 Å². The average molecular weight is 359 g/mol. The van der Waals surface area contributed by atoms with E-state index in [0.717, 1.165) is 48.3 Å². The number of aliphatic hydroxyl groups is 1. The molecule has 4 saturated carbocycles. The Labute approximate surface area is 162 Å². The lowest BCUT2D eigenvalue weighted by atomic mass is 9.44. The monoisotopic (exact) mass is 358 g/mol. The Balaban J connectivity index is 1.52. The highest BCUT2D eigenvalue weighted by Gasteiger charge is 2.59. The van der Waals surface area contributed by atoms with Crippen LogP contribution in [0.4, 0.5) is 0 Å². The molecule has 0 saturated heterocycles. The van der Waals surface area contributed by atoms with Crippen molar-refractivity contribution in [3.63, 3.8) is 0 Å². The molecule has 148 valence electrons. The van der Waals surface area contributed by atoms with E-state index in [4.69, 9.17) is 0 Å². The summed E-state index contributed by atoms with van der Waals surface area (Å²) in [6.07, 6.45) is 16.9. The van der Waals surface area contributed by atoms with E-state index < -0.39 is 0 Å². The van der Waals surface area contributed by atoms with Crippen molar-refractivity contribution in [2.75, 3.05) is 0 Å². The molecule has 4 aliphatic rings. The van der Waals surface area contributed by atoms with Crippen molar-refractivity contribution in [3.05, 3.63) is 12.3 Å². The van der Waals surface area contributed by atoms with Crippen molar-refractivity contribution in [1.29, 1.82) is 0 Å². The molecule has 4 rings (SSSR count). The first kappa shape index (κ1) is 18.9. The van der Waals surface area contributed by atoms with Crippen LogP contribution in [0.25, 0.3) is 0 Å². The molecule has 8 atom stereocenters. The highest BCUT2D eigenvalue weighted by molar-refractivity contribution is 5.09. The number of rotatable bonds is 4. The SMILES string of the molecule is C=C(O)CC[C@@H](C)[C@H]1CC[C@H]2[C@@H]3CCC4CCCC[C@]4(C)[C@H]3CC[C@]12C. The van der Waals surface area contributed by atoms with Gasteiger partial charge in [0.25, 0.3) is 0 Å². The third-order valence-electron chi connectivity index (χ3n) is 10.2. The Morgan fingerprint density at radius 2 is 1.73 bits per heavy atom. The summed E-state index contributed by atoms with van der Waals surface area (Å²) in [5, 5.41) is 9.54. The normalized spacial score (nSPS) is 49.0. The van der Waals surface area contributed by atoms with Crippen LogP contribution in [0.2, 0.25) is 0 Å². The van der Waals surface area contributed by atoms with Crippen molar-refractivity contribution in [2.24, 2.45) is 46.3 Å². The lowest BCUT2D eigenvalue weighted by Crippen LogP contribution is -2.53. The summed E-state index contributed by atoms with van der Waals surface area (Å²) in [5.74, 6) is 6.02. The maximum Gasteiger partial charge on any atom is 0.0851 e. The molecule has 26 heavy (non-hydrogen) atoms. The topological polar surface area (TPSA) is 20.2 Å². The quantitative estimate of drug-likeness (QED) is 0.515. The predicted octanol–water partition coefficient (Wildman–Crippen LogP) is 7.52. The zero-order valence-corrected chi connectivity index (χ0v) is 17.6. The van der Waals surface area contributed by atoms with Crippen LogP contribution in [0.5, 0.6) is 0 Å². The number of hydrogen-bond acceptors (Lipinski definition) is 1. The number of aliphatic hydroxyl groups excluding tert-OH is 1. The van der Waals surface area contributed by atoms with Gasteiger partial charge in [0.05, 0.1) is 5.76 Å². The molecular formula is C25H42O. The Hall–Kier alpha value is -0.460. The Morgan fingerprint density at radius 3 is 2.50 bits per heavy atom. The summed E-state index contributed by atoms with van der Waals surface area (Å²) < 4.78 is 0. The average Bonchev–Trinajstić information content (AvgIpc) is 2.96. The number of hydrogen-bond donors (Lipinski definition) is 1. The van der Waals surface area contributed by atoms with Crippen LogP contribution < -0.4 is 0 Å². The fraction of sp³-hybridized carbons (Fsp3) is 0.920. The predicted molar refractivity (Wildman–Crippen MR) is 110 cm³/mol. The molecule has 0 heterocycles. The first-order valence-corrected chi connectivity index (χ1v) is 11.7. The van der Waals surface area contributed by atoms with Crippen molar-refractivity contribution < 1.29 is 5.11 Å². The third kappa shape index (κ3) is 2.87. The molecule has 1 N–H and O–H groups in total. The van der Waals surface area contributed by atoms with E-state index in [0.29, 0.717) is 16.6 Å². The highest BCUT2D eigenvalue weighted by Crippen LogP contribution is 2.68. The Kier molecular flexibility index (Phi) is 4.98. The smallest absolute Gasteiger partial charge is 0.0851 e. The Bertz CT molecular complexity index is 538. The molecule has 4 fully saturated rings. The molecule has 0 aromatic carbocycles. The minimum atomic E-state index is 0.379. The van der Waals surface area contributed by atoms with Gasteiger partial charge >= 0.3 is 0 Å². The summed E-state index contributed by atoms with van der Waals surface area (Å²) in [7, 11) is 0. The zero-order chi connectivity index (χ0) is 18.5. The van der Waals surface area contributed by atoms with Crippen LogP contribution in [-0.4, -0.2) is 5.11 Å². The molecular weight excluding hydrogens is 316 g/mol. The van der Waals surface area contributed by atoms with E-state index in [1.54, 1.807) is 0 Å². The highest BCUT2D eigenvalue weighted by atomic mass is 16.3. The molecule has 0 spiro atoms. The second kappa shape index (κ2) is 6.85. The summed E-state index contributed by atoms with van der Waals surface area (Å²) in [6, 6.07) is 0. The molecule has 4 aliphatic carbocycles. The van der Waals surface area contributed by atoms with E-state index >= 15 is 0 Å². The number of fused-ring (bicyclic) bond motifs is 5. The fourth-order valence-corrected chi connectivity index (χ4v) is 8.87. The van der Waals surface area contributed by atoms with Crippen LogP contribution in [0, 0.1) is 46.3 Å². The standard InChI is InChI=1S/C25H42O/c1-17(8-9-18(2)26)21-12-13-22-20-11-10-19-7-5-6-15-24(19,3)23(20)14-16-25(21,22)4/h17,19-23,26H,2,5-16H2,1,3-4H3/t17-,19?,20+,21-,22+,23+,24+,25-/m1/s1. The largest absolute Gasteiger partial charge is 0.513 e. The lowest BCUT2D eigenvalue weighted by Gasteiger charge is -2.61. The van der Waals surface area contributed by atoms with Gasteiger partial charge in [0.15, 0.2) is 0 Å². The van der Waals surface area contributed by atoms with E-state index in [-0.39, 0.29) is 0 Å². The van der Waals surface area contributed by atoms with Gasteiger partial charge in [-0.15, -0.1) is 0 Å². The van der Waals surface area contributed by atoms with Crippen LogP contribution in [0.1, 0.15) is 97.8 Å². The third-order valence-corrected chi connectivity index (χ3v) is 10.2. The van der Waals surface area contributed by atoms with Crippen molar-refractivity contribution in [3.8, 4) is 0 Å². The van der Waals surface area contributed by atoms with Crippen LogP contribution in [0.3, 0.4) is 0 Å². The van der Waals surface area contributed by atoms with Gasteiger partial charge in [0.2, 0.25) is 0 Å². The van der Waals surface area contributed by atoms with Gasteiger partial charge in [-0.05, 0) is 104 Å². The van der Waals surface area contributed by atoms with Gasteiger partial charge in [0, 0.05) is 6.42 Å². The second-order valence-corrected chi connectivity index (χ2v) is 11.2. The molecule has 0 aliphatic heterocycles. The van der Waals surface area contributed by atoms with Gasteiger partial charge in [-0.1, -0.05) is 40.2 Å². The van der Waals surface area contributed by atoms with E-state index in [1.807, 2.05) is 0 Å². The molecule has 1 heteroatoms. The molecule has 1 nitrogen and oxygen atoms in total. The molecule has 0 bridgehead atoms. The van der Waals surface area contributed by atoms with Crippen LogP contribution in [-0.2, 0) is 0 Å². The van der Waals surface area contributed by atoms with Crippen LogP contribution in [0.15, 0.2) is 12.3 Å². The van der Waals surface area contributed by atoms with E-state index in [9.17, 15) is 5.11 Å². The summed E-state index contributed by atoms with van der Waals surface area (Å²) in [5.41, 5.74) is 1.23. The lowest BCUT2D eigenvalue weighted by molar-refractivity contribution is -0.114. The summed E-state index contributed by atoms with van der Waals surface area (Å²) in [4.78, 5) is 0. The minimum Gasteiger partial charge on any atom is -0.513 e. The van der Waals surface area contributed by atoms with Crippen molar-refractivity contribution in [1.82, 2.24) is 0 Å². The minimum absolute atomic E-state index is 0.379. The van der Waals surface area contributed by atoms with Crippen molar-refractivity contribution in [2.45, 2.75) is 97.8 Å². The van der Waals surface area contributed by atoms with Crippen molar-refractivity contribution >= 4 is 0 Å². The van der Waals surface area contributed by atoms with Gasteiger partial charge in [-0.25, -0.2) is 0 Å².